The largest absolute Gasteiger partial charge is 0.353 e. The SMILES string of the molecule is CC(C)NC(=O)CN(C)CN1C(=O)NC(Cc2ccccc2)(c2ccccc2)C1=O. The first-order chi connectivity index (χ1) is 14.3. The maximum absolute atomic E-state index is 13.6. The number of rotatable bonds is 8. The van der Waals surface area contributed by atoms with Gasteiger partial charge in [0, 0.05) is 12.5 Å². The van der Waals surface area contributed by atoms with Crippen molar-refractivity contribution in [3.63, 3.8) is 0 Å². The lowest BCUT2D eigenvalue weighted by atomic mass is 9.83. The fourth-order valence-corrected chi connectivity index (χ4v) is 3.70. The van der Waals surface area contributed by atoms with Crippen molar-refractivity contribution in [2.75, 3.05) is 20.3 Å². The average molecular weight is 409 g/mol. The van der Waals surface area contributed by atoms with Crippen LogP contribution in [0.15, 0.2) is 60.7 Å². The Bertz CT molecular complexity index is 901. The van der Waals surface area contributed by atoms with Crippen LogP contribution in [0.1, 0.15) is 25.0 Å². The minimum Gasteiger partial charge on any atom is -0.353 e. The molecule has 1 fully saturated rings. The van der Waals surface area contributed by atoms with Gasteiger partial charge in [-0.15, -0.1) is 0 Å². The number of carbonyl (C=O) groups excluding carboxylic acids is 3. The average Bonchev–Trinajstić information content (AvgIpc) is 2.93. The van der Waals surface area contributed by atoms with Crippen LogP contribution in [-0.4, -0.2) is 53.9 Å². The molecule has 2 aromatic rings. The maximum Gasteiger partial charge on any atom is 0.326 e. The number of carbonyl (C=O) groups is 3. The molecule has 2 aromatic carbocycles. The third-order valence-corrected chi connectivity index (χ3v) is 5.00. The van der Waals surface area contributed by atoms with Gasteiger partial charge in [-0.3, -0.25) is 14.5 Å². The van der Waals surface area contributed by atoms with Crippen LogP contribution in [0.5, 0.6) is 0 Å². The number of hydrogen-bond donors (Lipinski definition) is 2. The Hall–Kier alpha value is -3.19. The van der Waals surface area contributed by atoms with Crippen molar-refractivity contribution in [3.05, 3.63) is 71.8 Å². The summed E-state index contributed by atoms with van der Waals surface area (Å²) in [4.78, 5) is 41.3. The summed E-state index contributed by atoms with van der Waals surface area (Å²) in [6.45, 7) is 3.88. The van der Waals surface area contributed by atoms with E-state index >= 15 is 0 Å². The highest BCUT2D eigenvalue weighted by Crippen LogP contribution is 2.33. The molecule has 1 atom stereocenters. The van der Waals surface area contributed by atoms with Gasteiger partial charge < -0.3 is 10.6 Å². The number of imide groups is 1. The first-order valence-electron chi connectivity index (χ1n) is 10.0. The van der Waals surface area contributed by atoms with Gasteiger partial charge in [0.2, 0.25) is 5.91 Å². The second-order valence-electron chi connectivity index (χ2n) is 7.97. The lowest BCUT2D eigenvalue weighted by molar-refractivity contribution is -0.134. The summed E-state index contributed by atoms with van der Waals surface area (Å²) in [5.41, 5.74) is 0.497. The third kappa shape index (κ3) is 4.68. The van der Waals surface area contributed by atoms with Crippen LogP contribution in [0.2, 0.25) is 0 Å². The van der Waals surface area contributed by atoms with Gasteiger partial charge in [-0.2, -0.15) is 0 Å². The van der Waals surface area contributed by atoms with E-state index in [0.717, 1.165) is 11.1 Å². The molecule has 7 heteroatoms. The molecule has 0 saturated carbocycles. The van der Waals surface area contributed by atoms with Crippen molar-refractivity contribution >= 4 is 17.8 Å². The van der Waals surface area contributed by atoms with Gasteiger partial charge in [0.15, 0.2) is 5.54 Å². The van der Waals surface area contributed by atoms with Gasteiger partial charge >= 0.3 is 6.03 Å². The molecule has 0 bridgehead atoms. The van der Waals surface area contributed by atoms with Gasteiger partial charge in [0.1, 0.15) is 0 Å². The van der Waals surface area contributed by atoms with Crippen molar-refractivity contribution in [2.24, 2.45) is 0 Å². The minimum atomic E-state index is -1.18. The molecule has 1 saturated heterocycles. The lowest BCUT2D eigenvalue weighted by Crippen LogP contribution is -2.47. The fourth-order valence-electron chi connectivity index (χ4n) is 3.70. The maximum atomic E-state index is 13.6. The van der Waals surface area contributed by atoms with Crippen molar-refractivity contribution in [3.8, 4) is 0 Å². The molecule has 2 N–H and O–H groups in total. The number of hydrogen-bond acceptors (Lipinski definition) is 4. The van der Waals surface area contributed by atoms with Crippen LogP contribution in [0.4, 0.5) is 4.79 Å². The predicted octanol–water partition coefficient (Wildman–Crippen LogP) is 2.09. The Morgan fingerprint density at radius 1 is 1.07 bits per heavy atom. The van der Waals surface area contributed by atoms with Crippen LogP contribution >= 0.6 is 0 Å². The van der Waals surface area contributed by atoms with Crippen LogP contribution in [0.25, 0.3) is 0 Å². The molecular formula is C23H28N4O3. The number of nitrogens with zero attached hydrogens (tertiary/aromatic N) is 2. The number of urea groups is 1. The standard InChI is InChI=1S/C23H28N4O3/c1-17(2)24-20(28)15-26(3)16-27-21(29)23(25-22(27)30,19-12-8-5-9-13-19)14-18-10-6-4-7-11-18/h4-13,17H,14-16H2,1-3H3,(H,24,28)(H,25,30). The molecule has 1 aliphatic rings. The van der Waals surface area contributed by atoms with Crippen molar-refractivity contribution in [1.82, 2.24) is 20.4 Å². The Morgan fingerprint density at radius 2 is 1.67 bits per heavy atom. The highest BCUT2D eigenvalue weighted by atomic mass is 16.2. The molecule has 7 nitrogen and oxygen atoms in total. The van der Waals surface area contributed by atoms with E-state index in [0.29, 0.717) is 6.42 Å². The fraction of sp³-hybridized carbons (Fsp3) is 0.348. The molecule has 4 amide bonds. The number of likely N-dealkylation sites (N-methyl/N-ethyl adjacent to an activating group) is 1. The monoisotopic (exact) mass is 408 g/mol. The number of amides is 4. The topological polar surface area (TPSA) is 81.8 Å². The Labute approximate surface area is 177 Å². The van der Waals surface area contributed by atoms with Gasteiger partial charge in [-0.1, -0.05) is 60.7 Å². The molecule has 0 spiro atoms. The first kappa shape index (κ1) is 21.5. The Balaban J connectivity index is 1.84. The summed E-state index contributed by atoms with van der Waals surface area (Å²) in [6.07, 6.45) is 0.344. The minimum absolute atomic E-state index is 0.0271. The molecular weight excluding hydrogens is 380 g/mol. The highest BCUT2D eigenvalue weighted by Gasteiger charge is 2.52. The van der Waals surface area contributed by atoms with Gasteiger partial charge in [-0.25, -0.2) is 9.69 Å². The van der Waals surface area contributed by atoms with Gasteiger partial charge in [0.05, 0.1) is 13.2 Å². The van der Waals surface area contributed by atoms with Crippen LogP contribution in [-0.2, 0) is 21.5 Å². The zero-order valence-electron chi connectivity index (χ0n) is 17.6. The summed E-state index contributed by atoms with van der Waals surface area (Å²) in [5.74, 6) is -0.475. The molecule has 0 radical (unpaired) electrons. The van der Waals surface area contributed by atoms with Crippen LogP contribution in [0.3, 0.4) is 0 Å². The number of benzene rings is 2. The van der Waals surface area contributed by atoms with E-state index in [1.54, 1.807) is 11.9 Å². The first-order valence-corrected chi connectivity index (χ1v) is 10.0. The lowest BCUT2D eigenvalue weighted by Gasteiger charge is -2.28. The van der Waals surface area contributed by atoms with E-state index in [9.17, 15) is 14.4 Å². The van der Waals surface area contributed by atoms with Crippen molar-refractivity contribution < 1.29 is 14.4 Å². The normalized spacial score (nSPS) is 18.8. The highest BCUT2D eigenvalue weighted by molar-refractivity contribution is 6.07. The second kappa shape index (κ2) is 9.09. The summed E-state index contributed by atoms with van der Waals surface area (Å²) < 4.78 is 0. The van der Waals surface area contributed by atoms with E-state index in [2.05, 4.69) is 10.6 Å². The van der Waals surface area contributed by atoms with E-state index in [1.165, 1.54) is 4.90 Å². The van der Waals surface area contributed by atoms with Crippen LogP contribution in [0, 0.1) is 0 Å². The van der Waals surface area contributed by atoms with Gasteiger partial charge in [0.25, 0.3) is 5.91 Å². The van der Waals surface area contributed by atoms with E-state index in [4.69, 9.17) is 0 Å². The van der Waals surface area contributed by atoms with E-state index in [1.807, 2.05) is 74.5 Å². The van der Waals surface area contributed by atoms with E-state index in [-0.39, 0.29) is 31.1 Å². The molecule has 0 aliphatic carbocycles. The Kier molecular flexibility index (Phi) is 6.52. The third-order valence-electron chi connectivity index (χ3n) is 5.00. The molecule has 1 heterocycles. The van der Waals surface area contributed by atoms with Crippen LogP contribution < -0.4 is 10.6 Å². The van der Waals surface area contributed by atoms with E-state index < -0.39 is 11.6 Å². The van der Waals surface area contributed by atoms with Crippen molar-refractivity contribution in [2.45, 2.75) is 31.8 Å². The summed E-state index contributed by atoms with van der Waals surface area (Å²) in [6, 6.07) is 18.5. The zero-order valence-corrected chi connectivity index (χ0v) is 17.6. The molecule has 3 rings (SSSR count). The molecule has 1 aliphatic heterocycles. The molecule has 0 aromatic heterocycles. The Morgan fingerprint density at radius 3 is 2.27 bits per heavy atom. The molecule has 158 valence electrons. The predicted molar refractivity (Wildman–Crippen MR) is 114 cm³/mol. The summed E-state index contributed by atoms with van der Waals surface area (Å²) in [7, 11) is 1.71. The zero-order chi connectivity index (χ0) is 21.7. The second-order valence-corrected chi connectivity index (χ2v) is 7.97. The molecule has 30 heavy (non-hydrogen) atoms. The molecule has 1 unspecified atom stereocenters. The van der Waals surface area contributed by atoms with Crippen molar-refractivity contribution in [1.29, 1.82) is 0 Å². The quantitative estimate of drug-likeness (QED) is 0.656. The smallest absolute Gasteiger partial charge is 0.326 e. The van der Waals surface area contributed by atoms with Gasteiger partial charge in [-0.05, 0) is 32.0 Å². The summed E-state index contributed by atoms with van der Waals surface area (Å²) in [5, 5.41) is 5.74. The number of nitrogens with one attached hydrogen (secondary N) is 2. The summed E-state index contributed by atoms with van der Waals surface area (Å²) >= 11 is 0.